The highest BCUT2D eigenvalue weighted by Crippen LogP contribution is 2.31. The number of ether oxygens (including phenoxy) is 1. The summed E-state index contributed by atoms with van der Waals surface area (Å²) in [5, 5.41) is 3.23. The van der Waals surface area contributed by atoms with Crippen LogP contribution in [0.3, 0.4) is 0 Å². The highest BCUT2D eigenvalue weighted by Gasteiger charge is 2.16. The minimum atomic E-state index is -2.38. The third-order valence-electron chi connectivity index (χ3n) is 2.71. The Balaban J connectivity index is 1.94. The SMILES string of the molecule is FC(F)Sc1ccccc1NCC1CCOC1. The molecule has 1 aromatic rings. The van der Waals surface area contributed by atoms with Gasteiger partial charge in [-0.15, -0.1) is 0 Å². The van der Waals surface area contributed by atoms with Gasteiger partial charge in [-0.3, -0.25) is 0 Å². The second-order valence-electron chi connectivity index (χ2n) is 3.99. The molecule has 94 valence electrons. The summed E-state index contributed by atoms with van der Waals surface area (Å²) in [6.07, 6.45) is 1.04. The predicted octanol–water partition coefficient (Wildman–Crippen LogP) is 3.45. The van der Waals surface area contributed by atoms with Crippen LogP contribution in [0.1, 0.15) is 6.42 Å². The van der Waals surface area contributed by atoms with Gasteiger partial charge in [0.25, 0.3) is 5.76 Å². The molecule has 1 atom stereocenters. The van der Waals surface area contributed by atoms with Crippen molar-refractivity contribution in [3.8, 4) is 0 Å². The van der Waals surface area contributed by atoms with Crippen LogP contribution in [0.5, 0.6) is 0 Å². The van der Waals surface area contributed by atoms with Crippen LogP contribution in [0.2, 0.25) is 0 Å². The number of anilines is 1. The monoisotopic (exact) mass is 259 g/mol. The van der Waals surface area contributed by atoms with Crippen molar-refractivity contribution < 1.29 is 13.5 Å². The van der Waals surface area contributed by atoms with Crippen molar-refractivity contribution in [2.24, 2.45) is 5.92 Å². The summed E-state index contributed by atoms with van der Waals surface area (Å²) in [7, 11) is 0. The van der Waals surface area contributed by atoms with Crippen molar-refractivity contribution in [2.75, 3.05) is 25.1 Å². The van der Waals surface area contributed by atoms with Gasteiger partial charge in [-0.25, -0.2) is 0 Å². The molecule has 0 spiro atoms. The smallest absolute Gasteiger partial charge is 0.288 e. The van der Waals surface area contributed by atoms with E-state index in [0.717, 1.165) is 31.9 Å². The molecule has 1 fully saturated rings. The topological polar surface area (TPSA) is 21.3 Å². The van der Waals surface area contributed by atoms with Crippen molar-refractivity contribution >= 4 is 17.4 Å². The summed E-state index contributed by atoms with van der Waals surface area (Å²) >= 11 is 0.580. The Labute approximate surface area is 104 Å². The first kappa shape index (κ1) is 12.6. The molecule has 1 aliphatic rings. The largest absolute Gasteiger partial charge is 0.384 e. The van der Waals surface area contributed by atoms with Gasteiger partial charge in [-0.2, -0.15) is 8.78 Å². The predicted molar refractivity (Wildman–Crippen MR) is 65.7 cm³/mol. The van der Waals surface area contributed by atoms with Crippen molar-refractivity contribution in [2.45, 2.75) is 17.1 Å². The van der Waals surface area contributed by atoms with E-state index < -0.39 is 5.76 Å². The van der Waals surface area contributed by atoms with Gasteiger partial charge >= 0.3 is 0 Å². The molecule has 0 saturated carbocycles. The maximum absolute atomic E-state index is 12.4. The lowest BCUT2D eigenvalue weighted by Crippen LogP contribution is -2.14. The molecule has 0 amide bonds. The van der Waals surface area contributed by atoms with Gasteiger partial charge in [0.2, 0.25) is 0 Å². The van der Waals surface area contributed by atoms with Crippen LogP contribution < -0.4 is 5.32 Å². The van der Waals surface area contributed by atoms with Gasteiger partial charge in [-0.05, 0) is 18.6 Å². The standard InChI is InChI=1S/C12H15F2NOS/c13-12(14)17-11-4-2-1-3-10(11)15-7-9-5-6-16-8-9/h1-4,9,12,15H,5-8H2. The summed E-state index contributed by atoms with van der Waals surface area (Å²) in [5.74, 6) is -1.90. The maximum atomic E-state index is 12.4. The molecule has 1 aromatic carbocycles. The summed E-state index contributed by atoms with van der Waals surface area (Å²) in [6, 6.07) is 7.17. The number of hydrogen-bond acceptors (Lipinski definition) is 3. The zero-order chi connectivity index (χ0) is 12.1. The molecule has 1 unspecified atom stereocenters. The molecule has 2 rings (SSSR count). The van der Waals surface area contributed by atoms with Gasteiger partial charge in [0.1, 0.15) is 0 Å². The molecule has 5 heteroatoms. The number of rotatable bonds is 5. The van der Waals surface area contributed by atoms with Gasteiger partial charge < -0.3 is 10.1 Å². The summed E-state index contributed by atoms with van der Waals surface area (Å²) in [4.78, 5) is 0.599. The minimum absolute atomic E-state index is 0.486. The molecule has 0 radical (unpaired) electrons. The normalized spacial score (nSPS) is 19.8. The fourth-order valence-electron chi connectivity index (χ4n) is 1.81. The molecule has 0 bridgehead atoms. The van der Waals surface area contributed by atoms with Gasteiger partial charge in [-0.1, -0.05) is 23.9 Å². The van der Waals surface area contributed by atoms with E-state index in [4.69, 9.17) is 4.74 Å². The molecule has 0 aliphatic carbocycles. The molecular weight excluding hydrogens is 244 g/mol. The fourth-order valence-corrected chi connectivity index (χ4v) is 2.43. The molecule has 0 aromatic heterocycles. The van der Waals surface area contributed by atoms with Crippen molar-refractivity contribution in [3.05, 3.63) is 24.3 Å². The Morgan fingerprint density at radius 1 is 1.41 bits per heavy atom. The number of benzene rings is 1. The Bertz CT molecular complexity index is 356. The van der Waals surface area contributed by atoms with Crippen LogP contribution in [0.25, 0.3) is 0 Å². The van der Waals surface area contributed by atoms with E-state index in [-0.39, 0.29) is 0 Å². The summed E-state index contributed by atoms with van der Waals surface area (Å²) < 4.78 is 30.0. The lowest BCUT2D eigenvalue weighted by Gasteiger charge is -2.13. The van der Waals surface area contributed by atoms with Crippen LogP contribution >= 0.6 is 11.8 Å². The number of halogens is 2. The van der Waals surface area contributed by atoms with Crippen LogP contribution in [-0.4, -0.2) is 25.5 Å². The average Bonchev–Trinajstić information content (AvgIpc) is 2.80. The summed E-state index contributed by atoms with van der Waals surface area (Å²) in [6.45, 7) is 2.34. The number of para-hydroxylation sites is 1. The van der Waals surface area contributed by atoms with E-state index in [2.05, 4.69) is 5.32 Å². The molecule has 17 heavy (non-hydrogen) atoms. The highest BCUT2D eigenvalue weighted by molar-refractivity contribution is 7.99. The van der Waals surface area contributed by atoms with Crippen LogP contribution in [0.4, 0.5) is 14.5 Å². The van der Waals surface area contributed by atoms with Gasteiger partial charge in [0.15, 0.2) is 0 Å². The zero-order valence-corrected chi connectivity index (χ0v) is 10.2. The Kier molecular flexibility index (Phi) is 4.62. The first-order valence-corrected chi connectivity index (χ1v) is 6.49. The number of nitrogens with one attached hydrogen (secondary N) is 1. The van der Waals surface area contributed by atoms with Crippen molar-refractivity contribution in [1.82, 2.24) is 0 Å². The first-order valence-electron chi connectivity index (χ1n) is 5.61. The summed E-state index contributed by atoms with van der Waals surface area (Å²) in [5.41, 5.74) is 0.782. The van der Waals surface area contributed by atoms with E-state index in [1.807, 2.05) is 12.1 Å². The highest BCUT2D eigenvalue weighted by atomic mass is 32.2. The number of hydrogen-bond donors (Lipinski definition) is 1. The Morgan fingerprint density at radius 3 is 2.94 bits per heavy atom. The van der Waals surface area contributed by atoms with Crippen molar-refractivity contribution in [3.63, 3.8) is 0 Å². The quantitative estimate of drug-likeness (QED) is 0.818. The number of thioether (sulfide) groups is 1. The second-order valence-corrected chi connectivity index (χ2v) is 5.02. The van der Waals surface area contributed by atoms with E-state index in [0.29, 0.717) is 22.6 Å². The molecule has 1 aliphatic heterocycles. The van der Waals surface area contributed by atoms with E-state index in [1.54, 1.807) is 12.1 Å². The van der Waals surface area contributed by atoms with E-state index >= 15 is 0 Å². The minimum Gasteiger partial charge on any atom is -0.384 e. The molecule has 1 saturated heterocycles. The molecule has 1 heterocycles. The number of alkyl halides is 2. The van der Waals surface area contributed by atoms with Gasteiger partial charge in [0.05, 0.1) is 6.61 Å². The van der Waals surface area contributed by atoms with E-state index in [1.165, 1.54) is 0 Å². The van der Waals surface area contributed by atoms with Crippen LogP contribution in [0.15, 0.2) is 29.2 Å². The Morgan fingerprint density at radius 2 is 2.24 bits per heavy atom. The van der Waals surface area contributed by atoms with E-state index in [9.17, 15) is 8.78 Å². The van der Waals surface area contributed by atoms with Crippen molar-refractivity contribution in [1.29, 1.82) is 0 Å². The molecule has 1 N–H and O–H groups in total. The maximum Gasteiger partial charge on any atom is 0.288 e. The first-order chi connectivity index (χ1) is 8.25. The Hall–Kier alpha value is -0.810. The fraction of sp³-hybridized carbons (Fsp3) is 0.500. The molecule has 2 nitrogen and oxygen atoms in total. The second kappa shape index (κ2) is 6.21. The van der Waals surface area contributed by atoms with Gasteiger partial charge in [0, 0.05) is 29.7 Å². The third-order valence-corrected chi connectivity index (χ3v) is 3.50. The zero-order valence-electron chi connectivity index (χ0n) is 9.36. The average molecular weight is 259 g/mol. The lowest BCUT2D eigenvalue weighted by molar-refractivity contribution is 0.187. The third kappa shape index (κ3) is 3.85. The molecular formula is C12H15F2NOS. The van der Waals surface area contributed by atoms with Crippen LogP contribution in [0, 0.1) is 5.92 Å². The van der Waals surface area contributed by atoms with Crippen LogP contribution in [-0.2, 0) is 4.74 Å². The lowest BCUT2D eigenvalue weighted by atomic mass is 10.1.